The summed E-state index contributed by atoms with van der Waals surface area (Å²) in [5.41, 5.74) is 1.58. The molecule has 1 aromatic heterocycles. The predicted octanol–water partition coefficient (Wildman–Crippen LogP) is 1.99. The summed E-state index contributed by atoms with van der Waals surface area (Å²) in [5.74, 6) is 0.302. The zero-order chi connectivity index (χ0) is 15.9. The Morgan fingerprint density at radius 2 is 2.13 bits per heavy atom. The largest absolute Gasteiger partial charge is 0.394 e. The van der Waals surface area contributed by atoms with Gasteiger partial charge in [-0.3, -0.25) is 4.79 Å². The summed E-state index contributed by atoms with van der Waals surface area (Å²) < 4.78 is 2.12. The van der Waals surface area contributed by atoms with Crippen molar-refractivity contribution in [2.45, 2.75) is 64.0 Å². The molecule has 0 radical (unpaired) electrons. The van der Waals surface area contributed by atoms with Gasteiger partial charge < -0.3 is 14.6 Å². The maximum Gasteiger partial charge on any atom is 0.227 e. The Hall–Kier alpha value is -1.36. The molecule has 126 valence electrons. The first-order valence-electron chi connectivity index (χ1n) is 9.11. The van der Waals surface area contributed by atoms with Crippen molar-refractivity contribution >= 4 is 5.91 Å². The second kappa shape index (κ2) is 5.93. The van der Waals surface area contributed by atoms with Crippen molar-refractivity contribution in [3.05, 3.63) is 18.2 Å². The van der Waals surface area contributed by atoms with Gasteiger partial charge >= 0.3 is 0 Å². The van der Waals surface area contributed by atoms with Gasteiger partial charge in [-0.1, -0.05) is 12.8 Å². The van der Waals surface area contributed by atoms with Gasteiger partial charge in [-0.15, -0.1) is 0 Å². The summed E-state index contributed by atoms with van der Waals surface area (Å²) in [5, 5.41) is 9.76. The van der Waals surface area contributed by atoms with Crippen molar-refractivity contribution in [2.75, 3.05) is 13.2 Å². The number of carbonyl (C=O) groups excluding carboxylic acids is 1. The molecule has 1 amide bonds. The smallest absolute Gasteiger partial charge is 0.227 e. The number of fused-ring (bicyclic) bond motifs is 1. The molecule has 0 aromatic carbocycles. The van der Waals surface area contributed by atoms with E-state index in [0.29, 0.717) is 5.41 Å². The predicted molar refractivity (Wildman–Crippen MR) is 86.8 cm³/mol. The Morgan fingerprint density at radius 1 is 1.30 bits per heavy atom. The molecule has 2 unspecified atom stereocenters. The first-order valence-corrected chi connectivity index (χ1v) is 9.11. The van der Waals surface area contributed by atoms with E-state index < -0.39 is 0 Å². The summed E-state index contributed by atoms with van der Waals surface area (Å²) in [4.78, 5) is 19.4. The van der Waals surface area contributed by atoms with Gasteiger partial charge in [0.2, 0.25) is 5.91 Å². The standard InChI is InChI=1S/C18H27N3O2/c22-11-16-5-8-18(6-1-2-7-18)12-21(16)17(23)14-3-4-15-9-19-13-20(15)10-14/h9,13-14,16,22H,1-8,10-12H2. The van der Waals surface area contributed by atoms with E-state index in [0.717, 1.165) is 32.4 Å². The summed E-state index contributed by atoms with van der Waals surface area (Å²) >= 11 is 0. The van der Waals surface area contributed by atoms with Crippen molar-refractivity contribution < 1.29 is 9.90 Å². The second-order valence-corrected chi connectivity index (χ2v) is 7.82. The number of amides is 1. The third-order valence-electron chi connectivity index (χ3n) is 6.43. The minimum atomic E-state index is 0.0258. The van der Waals surface area contributed by atoms with Crippen molar-refractivity contribution in [1.29, 1.82) is 0 Å². The molecule has 1 aromatic rings. The second-order valence-electron chi connectivity index (χ2n) is 7.82. The molecule has 1 spiro atoms. The zero-order valence-electron chi connectivity index (χ0n) is 13.8. The normalized spacial score (nSPS) is 29.7. The number of aliphatic hydroxyl groups excluding tert-OH is 1. The van der Waals surface area contributed by atoms with Crippen LogP contribution in [0.4, 0.5) is 0 Å². The Balaban J connectivity index is 1.51. The molecule has 1 saturated carbocycles. The van der Waals surface area contributed by atoms with Crippen molar-refractivity contribution in [2.24, 2.45) is 11.3 Å². The third kappa shape index (κ3) is 2.69. The molecule has 0 bridgehead atoms. The number of rotatable bonds is 2. The number of likely N-dealkylation sites (tertiary alicyclic amines) is 1. The number of carbonyl (C=O) groups is 1. The lowest BCUT2D eigenvalue weighted by molar-refractivity contribution is -0.145. The molecular formula is C18H27N3O2. The first kappa shape index (κ1) is 15.2. The number of aromatic nitrogens is 2. The summed E-state index contributed by atoms with van der Waals surface area (Å²) in [6, 6.07) is 0.0258. The molecule has 1 saturated heterocycles. The van der Waals surface area contributed by atoms with Gasteiger partial charge in [-0.25, -0.2) is 4.98 Å². The van der Waals surface area contributed by atoms with E-state index in [-0.39, 0.29) is 24.5 Å². The molecular weight excluding hydrogens is 290 g/mol. The van der Waals surface area contributed by atoms with Crippen LogP contribution < -0.4 is 0 Å². The fourth-order valence-electron chi connectivity index (χ4n) is 4.99. The monoisotopic (exact) mass is 317 g/mol. The lowest BCUT2D eigenvalue weighted by Crippen LogP contribution is -2.54. The van der Waals surface area contributed by atoms with Crippen LogP contribution in [0.25, 0.3) is 0 Å². The molecule has 3 aliphatic rings. The van der Waals surface area contributed by atoms with Gasteiger partial charge in [0.15, 0.2) is 0 Å². The van der Waals surface area contributed by atoms with E-state index in [1.165, 1.54) is 37.8 Å². The molecule has 4 rings (SSSR count). The molecule has 1 N–H and O–H groups in total. The van der Waals surface area contributed by atoms with E-state index in [1.54, 1.807) is 0 Å². The SMILES string of the molecule is O=C(C1CCc2cncn2C1)N1CC2(CCCC2)CCC1CO. The number of hydrogen-bond donors (Lipinski definition) is 1. The van der Waals surface area contributed by atoms with Crippen LogP contribution in [0.3, 0.4) is 0 Å². The molecule has 5 nitrogen and oxygen atoms in total. The van der Waals surface area contributed by atoms with Crippen LogP contribution >= 0.6 is 0 Å². The van der Waals surface area contributed by atoms with Gasteiger partial charge in [0.25, 0.3) is 0 Å². The number of imidazole rings is 1. The number of hydrogen-bond acceptors (Lipinski definition) is 3. The van der Waals surface area contributed by atoms with Crippen molar-refractivity contribution in [3.8, 4) is 0 Å². The molecule has 2 aliphatic heterocycles. The van der Waals surface area contributed by atoms with E-state index in [2.05, 4.69) is 9.55 Å². The van der Waals surface area contributed by atoms with Crippen LogP contribution in [0, 0.1) is 11.3 Å². The minimum absolute atomic E-state index is 0.0258. The highest BCUT2D eigenvalue weighted by atomic mass is 16.3. The van der Waals surface area contributed by atoms with Gasteiger partial charge in [-0.2, -0.15) is 0 Å². The van der Waals surface area contributed by atoms with Crippen LogP contribution in [-0.4, -0.2) is 44.7 Å². The zero-order valence-corrected chi connectivity index (χ0v) is 13.8. The highest BCUT2D eigenvalue weighted by molar-refractivity contribution is 5.79. The van der Waals surface area contributed by atoms with Crippen LogP contribution in [-0.2, 0) is 17.8 Å². The molecule has 23 heavy (non-hydrogen) atoms. The fourth-order valence-corrected chi connectivity index (χ4v) is 4.99. The van der Waals surface area contributed by atoms with E-state index in [1.807, 2.05) is 17.4 Å². The van der Waals surface area contributed by atoms with Crippen molar-refractivity contribution in [3.63, 3.8) is 0 Å². The van der Waals surface area contributed by atoms with E-state index in [4.69, 9.17) is 0 Å². The van der Waals surface area contributed by atoms with Crippen LogP contribution in [0.1, 0.15) is 50.6 Å². The van der Waals surface area contributed by atoms with Gasteiger partial charge in [0.05, 0.1) is 24.9 Å². The highest BCUT2D eigenvalue weighted by Gasteiger charge is 2.44. The summed E-state index contributed by atoms with van der Waals surface area (Å²) in [6.07, 6.45) is 12.8. The van der Waals surface area contributed by atoms with Gasteiger partial charge in [0, 0.05) is 25.0 Å². The van der Waals surface area contributed by atoms with Crippen molar-refractivity contribution in [1.82, 2.24) is 14.5 Å². The lowest BCUT2D eigenvalue weighted by atomic mass is 9.76. The molecule has 2 atom stereocenters. The molecule has 5 heteroatoms. The first-order chi connectivity index (χ1) is 11.2. The summed E-state index contributed by atoms with van der Waals surface area (Å²) in [6.45, 7) is 1.71. The van der Waals surface area contributed by atoms with Gasteiger partial charge in [0.1, 0.15) is 0 Å². The number of aryl methyl sites for hydroxylation is 1. The minimum Gasteiger partial charge on any atom is -0.394 e. The highest BCUT2D eigenvalue weighted by Crippen LogP contribution is 2.46. The molecule has 1 aliphatic carbocycles. The molecule has 3 heterocycles. The molecule has 2 fully saturated rings. The number of aliphatic hydroxyl groups is 1. The lowest BCUT2D eigenvalue weighted by Gasteiger charge is -2.46. The number of piperidine rings is 1. The van der Waals surface area contributed by atoms with Crippen LogP contribution in [0.15, 0.2) is 12.5 Å². The number of nitrogens with zero attached hydrogens (tertiary/aromatic N) is 3. The third-order valence-corrected chi connectivity index (χ3v) is 6.43. The Kier molecular flexibility index (Phi) is 3.92. The van der Waals surface area contributed by atoms with E-state index >= 15 is 0 Å². The maximum absolute atomic E-state index is 13.2. The average Bonchev–Trinajstić information content (AvgIpc) is 3.23. The average molecular weight is 317 g/mol. The Morgan fingerprint density at radius 3 is 2.91 bits per heavy atom. The van der Waals surface area contributed by atoms with Crippen LogP contribution in [0.2, 0.25) is 0 Å². The van der Waals surface area contributed by atoms with Gasteiger partial charge in [-0.05, 0) is 43.9 Å². The van der Waals surface area contributed by atoms with E-state index in [9.17, 15) is 9.90 Å². The summed E-state index contributed by atoms with van der Waals surface area (Å²) in [7, 11) is 0. The quantitative estimate of drug-likeness (QED) is 0.907. The Bertz CT molecular complexity index is 577. The Labute approximate surface area is 137 Å². The topological polar surface area (TPSA) is 58.4 Å². The fraction of sp³-hybridized carbons (Fsp3) is 0.778. The maximum atomic E-state index is 13.2. The van der Waals surface area contributed by atoms with Crippen LogP contribution in [0.5, 0.6) is 0 Å².